The first-order chi connectivity index (χ1) is 17.2. The molecule has 2 aromatic rings. The molecule has 0 bridgehead atoms. The maximum Gasteiger partial charge on any atom is 0.242 e. The molecule has 2 amide bonds. The molecule has 2 rings (SSSR count). The summed E-state index contributed by atoms with van der Waals surface area (Å²) in [6.45, 7) is 7.10. The van der Waals surface area contributed by atoms with Crippen molar-refractivity contribution in [1.82, 2.24) is 10.2 Å². The van der Waals surface area contributed by atoms with E-state index in [1.807, 2.05) is 62.4 Å². The molecule has 0 aliphatic heterocycles. The summed E-state index contributed by atoms with van der Waals surface area (Å²) in [6.07, 6.45) is 4.71. The SMILES string of the molecule is CCCCNC(=O)[C@H](CC)N(CCc1ccccc1)C(=O)CCCN(c1cccc(C)c1)S(C)(=O)=O. The number of nitrogens with zero attached hydrogens (tertiary/aromatic N) is 2. The van der Waals surface area contributed by atoms with Crippen LogP contribution in [0.15, 0.2) is 54.6 Å². The molecule has 1 N–H and O–H groups in total. The number of nitrogens with one attached hydrogen (secondary N) is 1. The van der Waals surface area contributed by atoms with Crippen LogP contribution in [0.3, 0.4) is 0 Å². The molecule has 1 atom stereocenters. The first kappa shape index (κ1) is 29.4. The maximum absolute atomic E-state index is 13.4. The molecule has 0 unspecified atom stereocenters. The number of carbonyl (C=O) groups is 2. The van der Waals surface area contributed by atoms with Gasteiger partial charge < -0.3 is 10.2 Å². The Morgan fingerprint density at radius 2 is 1.69 bits per heavy atom. The fraction of sp³-hybridized carbons (Fsp3) is 0.500. The molecule has 8 heteroatoms. The highest BCUT2D eigenvalue weighted by Gasteiger charge is 2.28. The monoisotopic (exact) mass is 515 g/mol. The number of anilines is 1. The fourth-order valence-electron chi connectivity index (χ4n) is 4.19. The van der Waals surface area contributed by atoms with Gasteiger partial charge in [-0.1, -0.05) is 62.7 Å². The van der Waals surface area contributed by atoms with Crippen LogP contribution in [0.5, 0.6) is 0 Å². The zero-order valence-corrected chi connectivity index (χ0v) is 22.9. The van der Waals surface area contributed by atoms with Crippen LogP contribution in [-0.2, 0) is 26.0 Å². The van der Waals surface area contributed by atoms with Crippen LogP contribution in [0.25, 0.3) is 0 Å². The molecule has 0 radical (unpaired) electrons. The number of unbranched alkanes of at least 4 members (excludes halogenated alkanes) is 1. The first-order valence-corrected chi connectivity index (χ1v) is 14.7. The zero-order chi connectivity index (χ0) is 26.6. The van der Waals surface area contributed by atoms with Crippen molar-refractivity contribution in [3.63, 3.8) is 0 Å². The second-order valence-electron chi connectivity index (χ2n) is 9.17. The molecule has 36 heavy (non-hydrogen) atoms. The van der Waals surface area contributed by atoms with E-state index in [0.29, 0.717) is 38.0 Å². The van der Waals surface area contributed by atoms with Gasteiger partial charge in [0.1, 0.15) is 6.04 Å². The molecule has 2 aromatic carbocycles. The molecule has 7 nitrogen and oxygen atoms in total. The van der Waals surface area contributed by atoms with E-state index in [1.54, 1.807) is 11.0 Å². The van der Waals surface area contributed by atoms with Crippen molar-refractivity contribution >= 4 is 27.5 Å². The summed E-state index contributed by atoms with van der Waals surface area (Å²) in [5.74, 6) is -0.272. The van der Waals surface area contributed by atoms with Crippen LogP contribution in [0.2, 0.25) is 0 Å². The minimum atomic E-state index is -3.50. The molecule has 0 aliphatic carbocycles. The molecule has 0 aliphatic rings. The number of aryl methyl sites for hydroxylation is 1. The summed E-state index contributed by atoms with van der Waals surface area (Å²) in [6, 6.07) is 16.6. The molecule has 0 aromatic heterocycles. The molecule has 0 heterocycles. The van der Waals surface area contributed by atoms with E-state index in [9.17, 15) is 18.0 Å². The van der Waals surface area contributed by atoms with Gasteiger partial charge in [-0.05, 0) is 55.9 Å². The first-order valence-electron chi connectivity index (χ1n) is 12.8. The Hall–Kier alpha value is -2.87. The average Bonchev–Trinajstić information content (AvgIpc) is 2.84. The molecule has 0 fully saturated rings. The van der Waals surface area contributed by atoms with Crippen LogP contribution >= 0.6 is 0 Å². The Balaban J connectivity index is 2.13. The fourth-order valence-corrected chi connectivity index (χ4v) is 5.15. The predicted molar refractivity (Wildman–Crippen MR) is 146 cm³/mol. The van der Waals surface area contributed by atoms with Crippen molar-refractivity contribution in [3.8, 4) is 0 Å². The summed E-state index contributed by atoms with van der Waals surface area (Å²) in [7, 11) is -3.50. The highest BCUT2D eigenvalue weighted by atomic mass is 32.2. The third-order valence-corrected chi connectivity index (χ3v) is 7.34. The number of hydrogen-bond donors (Lipinski definition) is 1. The van der Waals surface area contributed by atoms with Gasteiger partial charge in [-0.3, -0.25) is 13.9 Å². The normalized spacial score (nSPS) is 12.1. The number of sulfonamides is 1. The van der Waals surface area contributed by atoms with Crippen molar-refractivity contribution in [3.05, 3.63) is 65.7 Å². The second kappa shape index (κ2) is 14.6. The lowest BCUT2D eigenvalue weighted by Gasteiger charge is -2.31. The van der Waals surface area contributed by atoms with E-state index in [4.69, 9.17) is 0 Å². The largest absolute Gasteiger partial charge is 0.354 e. The van der Waals surface area contributed by atoms with Gasteiger partial charge in [0.25, 0.3) is 0 Å². The Kier molecular flexibility index (Phi) is 11.9. The lowest BCUT2D eigenvalue weighted by atomic mass is 10.1. The Morgan fingerprint density at radius 1 is 0.972 bits per heavy atom. The molecule has 0 saturated heterocycles. The third-order valence-electron chi connectivity index (χ3n) is 6.14. The van der Waals surface area contributed by atoms with E-state index in [1.165, 1.54) is 10.6 Å². The Bertz CT molecular complexity index is 1070. The van der Waals surface area contributed by atoms with Gasteiger partial charge in [0.2, 0.25) is 21.8 Å². The van der Waals surface area contributed by atoms with Crippen LogP contribution in [-0.4, -0.2) is 57.1 Å². The number of hydrogen-bond acceptors (Lipinski definition) is 4. The number of rotatable bonds is 15. The predicted octanol–water partition coefficient (Wildman–Crippen LogP) is 4.31. The zero-order valence-electron chi connectivity index (χ0n) is 22.1. The second-order valence-corrected chi connectivity index (χ2v) is 11.1. The van der Waals surface area contributed by atoms with Crippen molar-refractivity contribution in [2.45, 2.75) is 65.3 Å². The van der Waals surface area contributed by atoms with Crippen molar-refractivity contribution in [2.75, 3.05) is 30.2 Å². The molecular weight excluding hydrogens is 474 g/mol. The summed E-state index contributed by atoms with van der Waals surface area (Å²) in [5, 5.41) is 2.97. The van der Waals surface area contributed by atoms with E-state index in [0.717, 1.165) is 24.0 Å². The summed E-state index contributed by atoms with van der Waals surface area (Å²) < 4.78 is 26.3. The Morgan fingerprint density at radius 3 is 2.31 bits per heavy atom. The summed E-state index contributed by atoms with van der Waals surface area (Å²) in [4.78, 5) is 28.0. The van der Waals surface area contributed by atoms with Crippen molar-refractivity contribution in [1.29, 1.82) is 0 Å². The van der Waals surface area contributed by atoms with Gasteiger partial charge >= 0.3 is 0 Å². The lowest BCUT2D eigenvalue weighted by molar-refractivity contribution is -0.140. The standard InChI is InChI=1S/C28H41N3O4S/c1-5-7-19-29-28(33)26(6-2)30(21-18-24-14-9-8-10-15-24)27(32)17-12-20-31(36(4,34)35)25-16-11-13-23(3)22-25/h8-11,13-16,22,26H,5-7,12,17-21H2,1-4H3,(H,29,33)/t26-/m0/s1. The highest BCUT2D eigenvalue weighted by molar-refractivity contribution is 7.92. The average molecular weight is 516 g/mol. The molecule has 0 spiro atoms. The van der Waals surface area contributed by atoms with E-state index >= 15 is 0 Å². The van der Waals surface area contributed by atoms with Crippen LogP contribution in [0.1, 0.15) is 57.1 Å². The van der Waals surface area contributed by atoms with Gasteiger partial charge in [0, 0.05) is 26.1 Å². The van der Waals surface area contributed by atoms with Gasteiger partial charge in [-0.25, -0.2) is 8.42 Å². The van der Waals surface area contributed by atoms with E-state index < -0.39 is 16.1 Å². The van der Waals surface area contributed by atoms with Crippen LogP contribution in [0.4, 0.5) is 5.69 Å². The molecule has 198 valence electrons. The van der Waals surface area contributed by atoms with Gasteiger partial charge in [0.05, 0.1) is 11.9 Å². The topological polar surface area (TPSA) is 86.8 Å². The molecular formula is C28H41N3O4S. The minimum Gasteiger partial charge on any atom is -0.354 e. The van der Waals surface area contributed by atoms with E-state index in [2.05, 4.69) is 12.2 Å². The van der Waals surface area contributed by atoms with Gasteiger partial charge in [0.15, 0.2) is 0 Å². The number of amides is 2. The Labute approximate surface area is 216 Å². The quantitative estimate of drug-likeness (QED) is 0.358. The van der Waals surface area contributed by atoms with Crippen LogP contribution < -0.4 is 9.62 Å². The van der Waals surface area contributed by atoms with Gasteiger partial charge in [-0.15, -0.1) is 0 Å². The molecule has 0 saturated carbocycles. The smallest absolute Gasteiger partial charge is 0.242 e. The van der Waals surface area contributed by atoms with Crippen molar-refractivity contribution in [2.24, 2.45) is 0 Å². The van der Waals surface area contributed by atoms with E-state index in [-0.39, 0.29) is 24.8 Å². The minimum absolute atomic E-state index is 0.134. The highest BCUT2D eigenvalue weighted by Crippen LogP contribution is 2.20. The number of carbonyl (C=O) groups excluding carboxylic acids is 2. The van der Waals surface area contributed by atoms with Crippen molar-refractivity contribution < 1.29 is 18.0 Å². The lowest BCUT2D eigenvalue weighted by Crippen LogP contribution is -2.50. The number of benzene rings is 2. The summed E-state index contributed by atoms with van der Waals surface area (Å²) in [5.41, 5.74) is 2.65. The maximum atomic E-state index is 13.4. The summed E-state index contributed by atoms with van der Waals surface area (Å²) >= 11 is 0. The third kappa shape index (κ3) is 9.30. The van der Waals surface area contributed by atoms with Gasteiger partial charge in [-0.2, -0.15) is 0 Å². The van der Waals surface area contributed by atoms with Crippen LogP contribution in [0, 0.1) is 6.92 Å².